The van der Waals surface area contributed by atoms with Gasteiger partial charge in [-0.2, -0.15) is 0 Å². The highest BCUT2D eigenvalue weighted by atomic mass is 16.5. The summed E-state index contributed by atoms with van der Waals surface area (Å²) in [6.07, 6.45) is 4.03. The van der Waals surface area contributed by atoms with Gasteiger partial charge < -0.3 is 15.0 Å². The third kappa shape index (κ3) is 3.75. The molecular formula is C14H21N3O2. The van der Waals surface area contributed by atoms with Crippen LogP contribution >= 0.6 is 0 Å². The summed E-state index contributed by atoms with van der Waals surface area (Å²) in [7, 11) is 0. The maximum atomic E-state index is 12.3. The Morgan fingerprint density at radius 1 is 1.63 bits per heavy atom. The molecule has 19 heavy (non-hydrogen) atoms. The summed E-state index contributed by atoms with van der Waals surface area (Å²) in [5, 5.41) is 3.33. The highest BCUT2D eigenvalue weighted by molar-refractivity contribution is 5.77. The van der Waals surface area contributed by atoms with Gasteiger partial charge in [-0.05, 0) is 18.6 Å². The number of nitrogens with one attached hydrogen (secondary N) is 1. The first-order valence-electron chi connectivity index (χ1n) is 6.80. The van der Waals surface area contributed by atoms with E-state index < -0.39 is 0 Å². The number of rotatable bonds is 5. The van der Waals surface area contributed by atoms with Crippen molar-refractivity contribution in [1.82, 2.24) is 15.2 Å². The molecule has 1 aromatic rings. The number of piperazine rings is 1. The molecule has 1 fully saturated rings. The topological polar surface area (TPSA) is 54.5 Å². The van der Waals surface area contributed by atoms with E-state index in [-0.39, 0.29) is 11.9 Å². The van der Waals surface area contributed by atoms with E-state index in [2.05, 4.69) is 10.3 Å². The fourth-order valence-electron chi connectivity index (χ4n) is 2.32. The van der Waals surface area contributed by atoms with Gasteiger partial charge in [-0.1, -0.05) is 6.07 Å². The molecule has 1 saturated heterocycles. The van der Waals surface area contributed by atoms with Gasteiger partial charge in [0.15, 0.2) is 0 Å². The summed E-state index contributed by atoms with van der Waals surface area (Å²) < 4.78 is 5.26. The second-order valence-corrected chi connectivity index (χ2v) is 4.54. The van der Waals surface area contributed by atoms with Gasteiger partial charge in [0.25, 0.3) is 0 Å². The monoisotopic (exact) mass is 263 g/mol. The molecule has 0 aromatic carbocycles. The SMILES string of the molecule is CCOCCC(=O)N1CCNCC1c1cccnc1. The number of carbonyl (C=O) groups is 1. The Kier molecular flexibility index (Phi) is 5.30. The molecule has 1 aliphatic rings. The zero-order chi connectivity index (χ0) is 13.5. The maximum Gasteiger partial charge on any atom is 0.225 e. The van der Waals surface area contributed by atoms with E-state index in [4.69, 9.17) is 4.74 Å². The summed E-state index contributed by atoms with van der Waals surface area (Å²) in [6.45, 7) is 5.46. The zero-order valence-electron chi connectivity index (χ0n) is 11.3. The molecule has 5 nitrogen and oxygen atoms in total. The number of ether oxygens (including phenoxy) is 1. The fraction of sp³-hybridized carbons (Fsp3) is 0.571. The Balaban J connectivity index is 2.01. The summed E-state index contributed by atoms with van der Waals surface area (Å²) in [4.78, 5) is 18.3. The molecule has 0 aliphatic carbocycles. The number of pyridine rings is 1. The van der Waals surface area contributed by atoms with Crippen LogP contribution in [0.2, 0.25) is 0 Å². The van der Waals surface area contributed by atoms with Crippen molar-refractivity contribution in [3.63, 3.8) is 0 Å². The molecule has 0 spiro atoms. The molecule has 5 heteroatoms. The van der Waals surface area contributed by atoms with Crippen LogP contribution in [0.3, 0.4) is 0 Å². The lowest BCUT2D eigenvalue weighted by Crippen LogP contribution is -2.48. The van der Waals surface area contributed by atoms with Crippen LogP contribution in [-0.2, 0) is 9.53 Å². The van der Waals surface area contributed by atoms with Gasteiger partial charge in [-0.25, -0.2) is 0 Å². The second kappa shape index (κ2) is 7.21. The van der Waals surface area contributed by atoms with Gasteiger partial charge >= 0.3 is 0 Å². The molecule has 0 bridgehead atoms. The lowest BCUT2D eigenvalue weighted by atomic mass is 10.0. The van der Waals surface area contributed by atoms with Gasteiger partial charge in [0, 0.05) is 38.6 Å². The molecule has 1 aromatic heterocycles. The smallest absolute Gasteiger partial charge is 0.225 e. The van der Waals surface area contributed by atoms with E-state index in [1.165, 1.54) is 0 Å². The van der Waals surface area contributed by atoms with Crippen LogP contribution in [0.15, 0.2) is 24.5 Å². The van der Waals surface area contributed by atoms with Gasteiger partial charge in [0.2, 0.25) is 5.91 Å². The summed E-state index contributed by atoms with van der Waals surface area (Å²) >= 11 is 0. The van der Waals surface area contributed by atoms with Crippen molar-refractivity contribution in [3.8, 4) is 0 Å². The third-order valence-corrected chi connectivity index (χ3v) is 3.30. The first-order chi connectivity index (χ1) is 9.33. The van der Waals surface area contributed by atoms with Crippen LogP contribution in [0.25, 0.3) is 0 Å². The molecule has 1 amide bonds. The van der Waals surface area contributed by atoms with Crippen LogP contribution in [0, 0.1) is 0 Å². The molecule has 1 unspecified atom stereocenters. The Bertz CT molecular complexity index is 397. The minimum Gasteiger partial charge on any atom is -0.381 e. The van der Waals surface area contributed by atoms with Crippen LogP contribution in [-0.4, -0.2) is 48.6 Å². The predicted octanol–water partition coefficient (Wildman–Crippen LogP) is 0.981. The zero-order valence-corrected chi connectivity index (χ0v) is 11.3. The minimum absolute atomic E-state index is 0.0802. The van der Waals surface area contributed by atoms with Crippen LogP contribution < -0.4 is 5.32 Å². The highest BCUT2D eigenvalue weighted by Gasteiger charge is 2.27. The van der Waals surface area contributed by atoms with E-state index in [9.17, 15) is 4.79 Å². The molecule has 2 rings (SSSR count). The fourth-order valence-corrected chi connectivity index (χ4v) is 2.32. The number of aromatic nitrogens is 1. The van der Waals surface area contributed by atoms with Crippen molar-refractivity contribution in [2.45, 2.75) is 19.4 Å². The summed E-state index contributed by atoms with van der Waals surface area (Å²) in [5.74, 6) is 0.156. The molecule has 1 atom stereocenters. The first-order valence-corrected chi connectivity index (χ1v) is 6.80. The van der Waals surface area contributed by atoms with Gasteiger partial charge in [0.05, 0.1) is 19.1 Å². The first kappa shape index (κ1) is 14.0. The molecule has 2 heterocycles. The van der Waals surface area contributed by atoms with Crippen LogP contribution in [0.5, 0.6) is 0 Å². The number of amides is 1. The lowest BCUT2D eigenvalue weighted by Gasteiger charge is -2.36. The van der Waals surface area contributed by atoms with Crippen molar-refractivity contribution in [3.05, 3.63) is 30.1 Å². The van der Waals surface area contributed by atoms with E-state index in [1.54, 1.807) is 6.20 Å². The Morgan fingerprint density at radius 3 is 3.26 bits per heavy atom. The van der Waals surface area contributed by atoms with Crippen molar-refractivity contribution in [2.75, 3.05) is 32.8 Å². The van der Waals surface area contributed by atoms with E-state index in [1.807, 2.05) is 30.2 Å². The highest BCUT2D eigenvalue weighted by Crippen LogP contribution is 2.22. The Labute approximate surface area is 114 Å². The molecular weight excluding hydrogens is 242 g/mol. The van der Waals surface area contributed by atoms with Crippen molar-refractivity contribution in [2.24, 2.45) is 0 Å². The standard InChI is InChI=1S/C14H21N3O2/c1-2-19-9-5-14(18)17-8-7-16-11-13(17)12-4-3-6-15-10-12/h3-4,6,10,13,16H,2,5,7-9,11H2,1H3. The minimum atomic E-state index is 0.0802. The maximum absolute atomic E-state index is 12.3. The van der Waals surface area contributed by atoms with Gasteiger partial charge in [0.1, 0.15) is 0 Å². The van der Waals surface area contributed by atoms with Crippen LogP contribution in [0.1, 0.15) is 24.9 Å². The van der Waals surface area contributed by atoms with Crippen LogP contribution in [0.4, 0.5) is 0 Å². The lowest BCUT2D eigenvalue weighted by molar-refractivity contribution is -0.135. The molecule has 1 N–H and O–H groups in total. The largest absolute Gasteiger partial charge is 0.381 e. The Morgan fingerprint density at radius 2 is 2.53 bits per heavy atom. The average molecular weight is 263 g/mol. The second-order valence-electron chi connectivity index (χ2n) is 4.54. The molecule has 104 valence electrons. The van der Waals surface area contributed by atoms with E-state index >= 15 is 0 Å². The number of hydrogen-bond acceptors (Lipinski definition) is 4. The number of nitrogens with zero attached hydrogens (tertiary/aromatic N) is 2. The van der Waals surface area contributed by atoms with Gasteiger partial charge in [-0.3, -0.25) is 9.78 Å². The van der Waals surface area contributed by atoms with Crippen molar-refractivity contribution < 1.29 is 9.53 Å². The number of carbonyl (C=O) groups excluding carboxylic acids is 1. The third-order valence-electron chi connectivity index (χ3n) is 3.30. The van der Waals surface area contributed by atoms with Crippen molar-refractivity contribution in [1.29, 1.82) is 0 Å². The van der Waals surface area contributed by atoms with Gasteiger partial charge in [-0.15, -0.1) is 0 Å². The molecule has 0 saturated carbocycles. The summed E-state index contributed by atoms with van der Waals surface area (Å²) in [5.41, 5.74) is 1.08. The average Bonchev–Trinajstić information content (AvgIpc) is 2.48. The Hall–Kier alpha value is -1.46. The molecule has 1 aliphatic heterocycles. The quantitative estimate of drug-likeness (QED) is 0.805. The summed E-state index contributed by atoms with van der Waals surface area (Å²) in [6, 6.07) is 4.01. The predicted molar refractivity (Wildman–Crippen MR) is 72.7 cm³/mol. The van der Waals surface area contributed by atoms with E-state index in [0.717, 1.165) is 25.2 Å². The van der Waals surface area contributed by atoms with E-state index in [0.29, 0.717) is 19.6 Å². The molecule has 0 radical (unpaired) electrons. The number of hydrogen-bond donors (Lipinski definition) is 1. The van der Waals surface area contributed by atoms with Crippen molar-refractivity contribution >= 4 is 5.91 Å². The normalized spacial score (nSPS) is 19.4.